The minimum absolute atomic E-state index is 0.0345. The first-order chi connectivity index (χ1) is 8.18. The molecule has 0 aromatic rings. The van der Waals surface area contributed by atoms with Crippen molar-refractivity contribution in [3.63, 3.8) is 0 Å². The Bertz CT molecular complexity index is 328. The highest BCUT2D eigenvalue weighted by molar-refractivity contribution is 6.03. The van der Waals surface area contributed by atoms with Crippen molar-refractivity contribution in [1.29, 1.82) is 0 Å². The molecule has 4 nitrogen and oxygen atoms in total. The van der Waals surface area contributed by atoms with Gasteiger partial charge in [0.1, 0.15) is 11.5 Å². The lowest BCUT2D eigenvalue weighted by atomic mass is 10.1. The van der Waals surface area contributed by atoms with Crippen molar-refractivity contribution < 1.29 is 19.1 Å². The van der Waals surface area contributed by atoms with Gasteiger partial charge < -0.3 is 9.47 Å². The molecule has 0 aromatic heterocycles. The van der Waals surface area contributed by atoms with Crippen molar-refractivity contribution in [2.24, 2.45) is 0 Å². The van der Waals surface area contributed by atoms with Crippen LogP contribution >= 0.6 is 0 Å². The molecule has 0 amide bonds. The number of carbonyl (C=O) groups is 2. The number of Topliss-reactive ketones (excluding diaryl/α,β-unsaturated/α-hetero) is 2. The van der Waals surface area contributed by atoms with Gasteiger partial charge in [0.05, 0.1) is 14.2 Å². The maximum absolute atomic E-state index is 10.7. The number of ketones is 2. The summed E-state index contributed by atoms with van der Waals surface area (Å²) >= 11 is 0. The first kappa shape index (κ1) is 18.8. The van der Waals surface area contributed by atoms with E-state index in [0.717, 1.165) is 11.5 Å². The Kier molecular flexibility index (Phi) is 9.86. The normalized spacial score (nSPS) is 12.4. The second kappa shape index (κ2) is 9.45. The number of allylic oxidation sites excluding steroid dienone is 4. The summed E-state index contributed by atoms with van der Waals surface area (Å²) in [6.07, 6.45) is 0. The van der Waals surface area contributed by atoms with Crippen LogP contribution in [-0.4, -0.2) is 25.8 Å². The van der Waals surface area contributed by atoms with E-state index < -0.39 is 0 Å². The van der Waals surface area contributed by atoms with Crippen molar-refractivity contribution in [3.8, 4) is 0 Å². The number of ether oxygens (including phenoxy) is 2. The molecule has 0 aliphatic rings. The summed E-state index contributed by atoms with van der Waals surface area (Å²) < 4.78 is 9.71. The molecule has 0 unspecified atom stereocenters. The van der Waals surface area contributed by atoms with Crippen LogP contribution in [0, 0.1) is 0 Å². The van der Waals surface area contributed by atoms with Gasteiger partial charge in [-0.3, -0.25) is 9.59 Å². The predicted molar refractivity (Wildman–Crippen MR) is 72.1 cm³/mol. The molecule has 0 aliphatic heterocycles. The monoisotopic (exact) mass is 256 g/mol. The second-order valence-corrected chi connectivity index (χ2v) is 3.88. The molecule has 0 rings (SSSR count). The Balaban J connectivity index is 0. The Hall–Kier alpha value is -1.58. The molecule has 0 radical (unpaired) electrons. The topological polar surface area (TPSA) is 52.6 Å². The molecular weight excluding hydrogens is 232 g/mol. The van der Waals surface area contributed by atoms with Crippen molar-refractivity contribution in [3.05, 3.63) is 22.7 Å². The van der Waals surface area contributed by atoms with E-state index in [2.05, 4.69) is 0 Å². The van der Waals surface area contributed by atoms with Crippen LogP contribution < -0.4 is 0 Å². The van der Waals surface area contributed by atoms with Gasteiger partial charge in [0, 0.05) is 0 Å². The van der Waals surface area contributed by atoms with Gasteiger partial charge in [-0.2, -0.15) is 0 Å². The van der Waals surface area contributed by atoms with Crippen molar-refractivity contribution >= 4 is 11.6 Å². The molecule has 0 aliphatic carbocycles. The second-order valence-electron chi connectivity index (χ2n) is 3.88. The fraction of sp³-hybridized carbons (Fsp3) is 0.571. The van der Waals surface area contributed by atoms with Gasteiger partial charge in [-0.1, -0.05) is 0 Å². The summed E-state index contributed by atoms with van der Waals surface area (Å²) in [7, 11) is 3.25. The third-order valence-electron chi connectivity index (χ3n) is 2.73. The van der Waals surface area contributed by atoms with E-state index in [-0.39, 0.29) is 11.6 Å². The largest absolute Gasteiger partial charge is 0.498 e. The molecule has 0 saturated heterocycles. The lowest BCUT2D eigenvalue weighted by Crippen LogP contribution is -2.01. The Morgan fingerprint density at radius 1 is 0.611 bits per heavy atom. The smallest absolute Gasteiger partial charge is 0.155 e. The van der Waals surface area contributed by atoms with E-state index in [1.807, 2.05) is 13.8 Å². The van der Waals surface area contributed by atoms with Crippen LogP contribution in [0.1, 0.15) is 41.5 Å². The van der Waals surface area contributed by atoms with E-state index in [1.54, 1.807) is 28.1 Å². The van der Waals surface area contributed by atoms with Gasteiger partial charge in [0.15, 0.2) is 11.6 Å². The molecule has 0 spiro atoms. The molecule has 0 N–H and O–H groups in total. The van der Waals surface area contributed by atoms with Gasteiger partial charge in [-0.25, -0.2) is 0 Å². The van der Waals surface area contributed by atoms with Gasteiger partial charge in [-0.05, 0) is 52.7 Å². The van der Waals surface area contributed by atoms with E-state index in [4.69, 9.17) is 9.47 Å². The first-order valence-electron chi connectivity index (χ1n) is 5.63. The first-order valence-corrected chi connectivity index (χ1v) is 5.63. The van der Waals surface area contributed by atoms with Crippen LogP contribution in [0.4, 0.5) is 0 Å². The summed E-state index contributed by atoms with van der Waals surface area (Å²) in [5, 5.41) is 0. The standard InChI is InChI=1S/C8H12O2.C6H12O2/c1-5(7(3)9)6(2)8(4)10;1-5(7-3)6(2)8-4/h1-4H3;1-4H3/b2*6-5-. The fourth-order valence-corrected chi connectivity index (χ4v) is 0.816. The minimum atomic E-state index is -0.0345. The molecule has 0 atom stereocenters. The van der Waals surface area contributed by atoms with Crippen LogP contribution in [0.3, 0.4) is 0 Å². The Labute approximate surface area is 110 Å². The van der Waals surface area contributed by atoms with Crippen LogP contribution in [0.25, 0.3) is 0 Å². The molecular formula is C14H24O4. The van der Waals surface area contributed by atoms with Gasteiger partial charge in [-0.15, -0.1) is 0 Å². The Morgan fingerprint density at radius 3 is 0.944 bits per heavy atom. The molecule has 104 valence electrons. The van der Waals surface area contributed by atoms with Crippen molar-refractivity contribution in [2.45, 2.75) is 41.5 Å². The van der Waals surface area contributed by atoms with E-state index in [1.165, 1.54) is 13.8 Å². The number of hydrogen-bond donors (Lipinski definition) is 0. The van der Waals surface area contributed by atoms with Crippen LogP contribution in [-0.2, 0) is 19.1 Å². The molecule has 0 aromatic carbocycles. The lowest BCUT2D eigenvalue weighted by Gasteiger charge is -2.02. The summed E-state index contributed by atoms with van der Waals surface area (Å²) in [6, 6.07) is 0. The van der Waals surface area contributed by atoms with Gasteiger partial charge in [0.2, 0.25) is 0 Å². The summed E-state index contributed by atoms with van der Waals surface area (Å²) in [5.41, 5.74) is 1.13. The maximum Gasteiger partial charge on any atom is 0.155 e. The minimum Gasteiger partial charge on any atom is -0.498 e. The van der Waals surface area contributed by atoms with E-state index >= 15 is 0 Å². The highest BCUT2D eigenvalue weighted by Crippen LogP contribution is 2.04. The summed E-state index contributed by atoms with van der Waals surface area (Å²) in [4.78, 5) is 21.4. The van der Waals surface area contributed by atoms with Crippen LogP contribution in [0.15, 0.2) is 22.7 Å². The van der Waals surface area contributed by atoms with Gasteiger partial charge in [0.25, 0.3) is 0 Å². The van der Waals surface area contributed by atoms with Crippen LogP contribution in [0.2, 0.25) is 0 Å². The zero-order valence-electron chi connectivity index (χ0n) is 12.6. The fourth-order valence-electron chi connectivity index (χ4n) is 0.816. The zero-order valence-corrected chi connectivity index (χ0v) is 12.6. The third-order valence-corrected chi connectivity index (χ3v) is 2.73. The number of rotatable bonds is 4. The van der Waals surface area contributed by atoms with Crippen molar-refractivity contribution in [1.82, 2.24) is 0 Å². The van der Waals surface area contributed by atoms with Crippen LogP contribution in [0.5, 0.6) is 0 Å². The third kappa shape index (κ3) is 7.65. The number of carbonyl (C=O) groups excluding carboxylic acids is 2. The molecule has 0 bridgehead atoms. The average Bonchev–Trinajstić information content (AvgIpc) is 2.35. The highest BCUT2D eigenvalue weighted by atomic mass is 16.5. The van der Waals surface area contributed by atoms with E-state index in [9.17, 15) is 9.59 Å². The van der Waals surface area contributed by atoms with E-state index in [0.29, 0.717) is 11.1 Å². The zero-order chi connectivity index (χ0) is 14.9. The average molecular weight is 256 g/mol. The SMILES string of the molecule is CC(=O)/C(C)=C(/C)C(C)=O.CO/C(C)=C(/C)OC. The summed E-state index contributed by atoms with van der Waals surface area (Å²) in [5.74, 6) is 1.58. The maximum atomic E-state index is 10.7. The molecule has 0 heterocycles. The Morgan fingerprint density at radius 2 is 0.833 bits per heavy atom. The lowest BCUT2D eigenvalue weighted by molar-refractivity contribution is -0.116. The van der Waals surface area contributed by atoms with Crippen molar-refractivity contribution in [2.75, 3.05) is 14.2 Å². The summed E-state index contributed by atoms with van der Waals surface area (Å²) in [6.45, 7) is 9.97. The van der Waals surface area contributed by atoms with Gasteiger partial charge >= 0.3 is 0 Å². The quantitative estimate of drug-likeness (QED) is 0.573. The predicted octanol–water partition coefficient (Wildman–Crippen LogP) is 3.03. The molecule has 4 heteroatoms. The number of methoxy groups -OCH3 is 2. The highest BCUT2D eigenvalue weighted by Gasteiger charge is 2.04. The molecule has 18 heavy (non-hydrogen) atoms. The molecule has 0 fully saturated rings. The molecule has 0 saturated carbocycles. The number of hydrogen-bond acceptors (Lipinski definition) is 4.